The number of carbonyl (C=O) groups is 1. The van der Waals surface area contributed by atoms with Gasteiger partial charge in [0.05, 0.1) is 6.61 Å². The van der Waals surface area contributed by atoms with Crippen molar-refractivity contribution in [3.63, 3.8) is 0 Å². The second-order valence-electron chi connectivity index (χ2n) is 6.96. The molecule has 5 nitrogen and oxygen atoms in total. The van der Waals surface area contributed by atoms with Crippen molar-refractivity contribution >= 4 is 23.4 Å². The maximum Gasteiger partial charge on any atom is 0.411 e. The summed E-state index contributed by atoms with van der Waals surface area (Å²) < 4.78 is 5.23. The minimum Gasteiger partial charge on any atom is -0.449 e. The molecule has 1 aromatic rings. The predicted molar refractivity (Wildman–Crippen MR) is 103 cm³/mol. The van der Waals surface area contributed by atoms with Crippen molar-refractivity contribution in [2.24, 2.45) is 0 Å². The molecule has 2 rings (SSSR count). The molecule has 0 radical (unpaired) electrons. The van der Waals surface area contributed by atoms with Gasteiger partial charge in [0, 0.05) is 42.4 Å². The van der Waals surface area contributed by atoms with Crippen LogP contribution in [0.2, 0.25) is 5.02 Å². The number of amides is 1. The van der Waals surface area contributed by atoms with E-state index < -0.39 is 6.09 Å². The van der Waals surface area contributed by atoms with Gasteiger partial charge < -0.3 is 9.64 Å². The molecule has 1 aliphatic heterocycles. The normalized spacial score (nSPS) is 19.2. The number of benzene rings is 1. The van der Waals surface area contributed by atoms with Gasteiger partial charge in [0.15, 0.2) is 0 Å². The van der Waals surface area contributed by atoms with Crippen molar-refractivity contribution in [3.8, 4) is 0 Å². The van der Waals surface area contributed by atoms with Gasteiger partial charge in [0.25, 0.3) is 0 Å². The summed E-state index contributed by atoms with van der Waals surface area (Å²) in [6.45, 7) is 11.7. The van der Waals surface area contributed by atoms with E-state index in [0.717, 1.165) is 39.0 Å². The largest absolute Gasteiger partial charge is 0.449 e. The van der Waals surface area contributed by atoms with Crippen LogP contribution in [0.4, 0.5) is 10.5 Å². The van der Waals surface area contributed by atoms with Crippen LogP contribution in [0, 0.1) is 0 Å². The molecule has 0 saturated carbocycles. The third-order valence-electron chi connectivity index (χ3n) is 4.62. The monoisotopic (exact) mass is 367 g/mol. The Balaban J connectivity index is 1.56. The number of halogens is 1. The van der Waals surface area contributed by atoms with Crippen LogP contribution >= 0.6 is 11.6 Å². The van der Waals surface area contributed by atoms with E-state index in [0.29, 0.717) is 29.4 Å². The van der Waals surface area contributed by atoms with Crippen molar-refractivity contribution in [2.45, 2.75) is 45.7 Å². The van der Waals surface area contributed by atoms with Crippen LogP contribution in [0.5, 0.6) is 0 Å². The van der Waals surface area contributed by atoms with Crippen LogP contribution in [-0.4, -0.2) is 60.8 Å². The van der Waals surface area contributed by atoms with Crippen LogP contribution < -0.4 is 5.32 Å². The third-order valence-corrected chi connectivity index (χ3v) is 4.87. The Bertz CT molecular complexity index is 536. The molecule has 0 spiro atoms. The van der Waals surface area contributed by atoms with Gasteiger partial charge in [-0.25, -0.2) is 4.79 Å². The number of carbonyl (C=O) groups excluding carboxylic acids is 1. The van der Waals surface area contributed by atoms with Crippen LogP contribution in [0.1, 0.15) is 33.6 Å². The molecule has 1 heterocycles. The molecular formula is C19H30ClN3O2. The number of rotatable bonds is 7. The summed E-state index contributed by atoms with van der Waals surface area (Å²) in [4.78, 5) is 16.8. The van der Waals surface area contributed by atoms with Crippen molar-refractivity contribution in [2.75, 3.05) is 38.1 Å². The summed E-state index contributed by atoms with van der Waals surface area (Å²) in [7, 11) is 0. The number of ether oxygens (including phenoxy) is 1. The van der Waals surface area contributed by atoms with Gasteiger partial charge in [-0.1, -0.05) is 11.6 Å². The number of nitrogens with one attached hydrogen (secondary N) is 1. The average Bonchev–Trinajstić information content (AvgIpc) is 2.56. The standard InChI is InChI=1S/C19H30ClN3O2/c1-15(2)23-12-11-22(14-16(23)3)10-4-5-13-25-19(24)21-18-8-6-17(20)7-9-18/h6-9,15-16H,4-5,10-14H2,1-3H3,(H,21,24)/t16-/m0/s1. The topological polar surface area (TPSA) is 44.8 Å². The highest BCUT2D eigenvalue weighted by Gasteiger charge is 2.24. The summed E-state index contributed by atoms with van der Waals surface area (Å²) >= 11 is 5.81. The number of piperazine rings is 1. The maximum absolute atomic E-state index is 11.7. The van der Waals surface area contributed by atoms with E-state index in [9.17, 15) is 4.79 Å². The summed E-state index contributed by atoms with van der Waals surface area (Å²) in [5.74, 6) is 0. The molecule has 1 fully saturated rings. The fourth-order valence-electron chi connectivity index (χ4n) is 3.31. The molecule has 1 N–H and O–H groups in total. The van der Waals surface area contributed by atoms with Crippen molar-refractivity contribution in [1.82, 2.24) is 9.80 Å². The van der Waals surface area contributed by atoms with Gasteiger partial charge in [-0.05, 0) is 64.4 Å². The van der Waals surface area contributed by atoms with E-state index in [1.807, 2.05) is 0 Å². The van der Waals surface area contributed by atoms with Crippen LogP contribution in [-0.2, 0) is 4.74 Å². The molecule has 25 heavy (non-hydrogen) atoms. The zero-order chi connectivity index (χ0) is 18.2. The first kappa shape index (κ1) is 20.0. The summed E-state index contributed by atoms with van der Waals surface area (Å²) in [5.41, 5.74) is 0.686. The smallest absolute Gasteiger partial charge is 0.411 e. The molecule has 0 aliphatic carbocycles. The molecule has 1 atom stereocenters. The van der Waals surface area contributed by atoms with Crippen molar-refractivity contribution < 1.29 is 9.53 Å². The average molecular weight is 368 g/mol. The van der Waals surface area contributed by atoms with E-state index >= 15 is 0 Å². The summed E-state index contributed by atoms with van der Waals surface area (Å²) in [6, 6.07) is 8.19. The minimum absolute atomic E-state index is 0.415. The Morgan fingerprint density at radius 2 is 2.00 bits per heavy atom. The molecular weight excluding hydrogens is 338 g/mol. The molecule has 6 heteroatoms. The molecule has 1 aliphatic rings. The lowest BCUT2D eigenvalue weighted by molar-refractivity contribution is 0.0586. The first-order chi connectivity index (χ1) is 12.0. The summed E-state index contributed by atoms with van der Waals surface area (Å²) in [5, 5.41) is 3.34. The SMILES string of the molecule is CC(C)N1CCN(CCCCOC(=O)Nc2ccc(Cl)cc2)C[C@@H]1C. The first-order valence-electron chi connectivity index (χ1n) is 9.13. The van der Waals surface area contributed by atoms with Crippen LogP contribution in [0.25, 0.3) is 0 Å². The molecule has 0 unspecified atom stereocenters. The second-order valence-corrected chi connectivity index (χ2v) is 7.39. The second kappa shape index (κ2) is 10.00. The number of unbranched alkanes of at least 4 members (excludes halogenated alkanes) is 1. The lowest BCUT2D eigenvalue weighted by Crippen LogP contribution is -2.54. The number of anilines is 1. The van der Waals surface area contributed by atoms with Gasteiger partial charge in [-0.15, -0.1) is 0 Å². The highest BCUT2D eigenvalue weighted by molar-refractivity contribution is 6.30. The minimum atomic E-state index is -0.415. The molecule has 1 aromatic carbocycles. The highest BCUT2D eigenvalue weighted by Crippen LogP contribution is 2.14. The zero-order valence-electron chi connectivity index (χ0n) is 15.5. The fraction of sp³-hybridized carbons (Fsp3) is 0.632. The van der Waals surface area contributed by atoms with Gasteiger partial charge in [0.1, 0.15) is 0 Å². The Morgan fingerprint density at radius 3 is 2.64 bits per heavy atom. The van der Waals surface area contributed by atoms with E-state index in [1.165, 1.54) is 0 Å². The third kappa shape index (κ3) is 6.84. The molecule has 1 amide bonds. The van der Waals surface area contributed by atoms with Gasteiger partial charge >= 0.3 is 6.09 Å². The molecule has 0 bridgehead atoms. The van der Waals surface area contributed by atoms with Crippen molar-refractivity contribution in [1.29, 1.82) is 0 Å². The lowest BCUT2D eigenvalue weighted by Gasteiger charge is -2.42. The number of hydrogen-bond donors (Lipinski definition) is 1. The van der Waals surface area contributed by atoms with E-state index in [-0.39, 0.29) is 0 Å². The van der Waals surface area contributed by atoms with Gasteiger partial charge in [-0.3, -0.25) is 10.2 Å². The Kier molecular flexibility index (Phi) is 8.00. The van der Waals surface area contributed by atoms with Gasteiger partial charge in [-0.2, -0.15) is 0 Å². The molecule has 0 aromatic heterocycles. The fourth-order valence-corrected chi connectivity index (χ4v) is 3.43. The summed E-state index contributed by atoms with van der Waals surface area (Å²) in [6.07, 6.45) is 1.51. The van der Waals surface area contributed by atoms with Crippen molar-refractivity contribution in [3.05, 3.63) is 29.3 Å². The predicted octanol–water partition coefficient (Wildman–Crippen LogP) is 4.08. The van der Waals surface area contributed by atoms with E-state index in [4.69, 9.17) is 16.3 Å². The molecule has 140 valence electrons. The van der Waals surface area contributed by atoms with Crippen LogP contribution in [0.3, 0.4) is 0 Å². The molecule has 1 saturated heterocycles. The Hall–Kier alpha value is -1.30. The van der Waals surface area contributed by atoms with Crippen LogP contribution in [0.15, 0.2) is 24.3 Å². The Labute approximate surface area is 156 Å². The Morgan fingerprint density at radius 1 is 1.28 bits per heavy atom. The quantitative estimate of drug-likeness (QED) is 0.737. The lowest BCUT2D eigenvalue weighted by atomic mass is 10.1. The van der Waals surface area contributed by atoms with E-state index in [1.54, 1.807) is 24.3 Å². The zero-order valence-corrected chi connectivity index (χ0v) is 16.3. The van der Waals surface area contributed by atoms with Gasteiger partial charge in [0.2, 0.25) is 0 Å². The number of nitrogens with zero attached hydrogens (tertiary/aromatic N) is 2. The highest BCUT2D eigenvalue weighted by atomic mass is 35.5. The first-order valence-corrected chi connectivity index (χ1v) is 9.51. The maximum atomic E-state index is 11.7. The van der Waals surface area contributed by atoms with E-state index in [2.05, 4.69) is 35.9 Å². The number of hydrogen-bond acceptors (Lipinski definition) is 4.